The SMILES string of the molecule is Cc1cc(C(=O)Nc2nccs2)ccc1N. The van der Waals surface area contributed by atoms with E-state index in [1.54, 1.807) is 24.4 Å². The zero-order chi connectivity index (χ0) is 11.5. The Hall–Kier alpha value is -1.88. The Morgan fingerprint density at radius 2 is 2.31 bits per heavy atom. The number of thiazole rings is 1. The van der Waals surface area contributed by atoms with Gasteiger partial charge in [0, 0.05) is 22.8 Å². The van der Waals surface area contributed by atoms with Crippen LogP contribution >= 0.6 is 11.3 Å². The highest BCUT2D eigenvalue weighted by molar-refractivity contribution is 7.13. The molecule has 0 saturated heterocycles. The minimum absolute atomic E-state index is 0.168. The molecule has 1 heterocycles. The number of rotatable bonds is 2. The first kappa shape index (κ1) is 10.6. The van der Waals surface area contributed by atoms with E-state index in [0.717, 1.165) is 5.56 Å². The fourth-order valence-corrected chi connectivity index (χ4v) is 1.80. The molecule has 2 rings (SSSR count). The van der Waals surface area contributed by atoms with Gasteiger partial charge >= 0.3 is 0 Å². The summed E-state index contributed by atoms with van der Waals surface area (Å²) in [6.45, 7) is 1.87. The number of nitrogens with one attached hydrogen (secondary N) is 1. The molecular formula is C11H11N3OS. The zero-order valence-corrected chi connectivity index (χ0v) is 9.54. The van der Waals surface area contributed by atoms with Gasteiger partial charge in [-0.1, -0.05) is 0 Å². The lowest BCUT2D eigenvalue weighted by Crippen LogP contribution is -2.12. The quantitative estimate of drug-likeness (QED) is 0.782. The van der Waals surface area contributed by atoms with E-state index < -0.39 is 0 Å². The number of amides is 1. The molecule has 1 amide bonds. The van der Waals surface area contributed by atoms with Crippen LogP contribution in [-0.4, -0.2) is 10.9 Å². The van der Waals surface area contributed by atoms with Gasteiger partial charge in [-0.25, -0.2) is 4.98 Å². The van der Waals surface area contributed by atoms with E-state index in [4.69, 9.17) is 5.73 Å². The summed E-state index contributed by atoms with van der Waals surface area (Å²) in [6, 6.07) is 5.19. The second-order valence-corrected chi connectivity index (χ2v) is 4.26. The number of nitrogens with zero attached hydrogens (tertiary/aromatic N) is 1. The summed E-state index contributed by atoms with van der Waals surface area (Å²) >= 11 is 1.39. The van der Waals surface area contributed by atoms with Crippen LogP contribution in [0.15, 0.2) is 29.8 Å². The number of hydrogen-bond donors (Lipinski definition) is 2. The molecule has 0 radical (unpaired) electrons. The number of carbonyl (C=O) groups excluding carboxylic acids is 1. The highest BCUT2D eigenvalue weighted by Crippen LogP contribution is 2.15. The average Bonchev–Trinajstić information content (AvgIpc) is 2.74. The number of benzene rings is 1. The Morgan fingerprint density at radius 1 is 1.50 bits per heavy atom. The molecule has 0 saturated carbocycles. The third kappa shape index (κ3) is 2.20. The first-order valence-corrected chi connectivity index (χ1v) is 5.62. The summed E-state index contributed by atoms with van der Waals surface area (Å²) in [5.74, 6) is -0.168. The molecule has 0 aliphatic rings. The molecule has 2 aromatic rings. The van der Waals surface area contributed by atoms with Gasteiger partial charge in [0.05, 0.1) is 0 Å². The Labute approximate surface area is 97.1 Å². The maximum Gasteiger partial charge on any atom is 0.257 e. The van der Waals surface area contributed by atoms with Crippen LogP contribution in [0.5, 0.6) is 0 Å². The van der Waals surface area contributed by atoms with Gasteiger partial charge in [0.15, 0.2) is 5.13 Å². The Balaban J connectivity index is 2.18. The molecule has 0 unspecified atom stereocenters. The normalized spacial score (nSPS) is 10.1. The van der Waals surface area contributed by atoms with Crippen molar-refractivity contribution in [2.45, 2.75) is 6.92 Å². The van der Waals surface area contributed by atoms with Crippen LogP contribution in [0, 0.1) is 6.92 Å². The summed E-state index contributed by atoms with van der Waals surface area (Å²) < 4.78 is 0. The molecule has 0 aliphatic carbocycles. The summed E-state index contributed by atoms with van der Waals surface area (Å²) in [5.41, 5.74) is 7.85. The Kier molecular flexibility index (Phi) is 2.87. The van der Waals surface area contributed by atoms with Gasteiger partial charge in [0.25, 0.3) is 5.91 Å². The molecule has 16 heavy (non-hydrogen) atoms. The molecule has 82 valence electrons. The molecule has 0 atom stereocenters. The summed E-state index contributed by atoms with van der Waals surface area (Å²) in [5, 5.41) is 5.12. The average molecular weight is 233 g/mol. The number of aryl methyl sites for hydroxylation is 1. The fourth-order valence-electron chi connectivity index (χ4n) is 1.27. The standard InChI is InChI=1S/C11H11N3OS/c1-7-6-8(2-3-9(7)12)10(15)14-11-13-4-5-16-11/h2-6H,12H2,1H3,(H,13,14,15). The molecule has 0 bridgehead atoms. The second-order valence-electron chi connectivity index (χ2n) is 3.36. The molecule has 3 N–H and O–H groups in total. The van der Waals surface area contributed by atoms with Gasteiger partial charge in [0.2, 0.25) is 0 Å². The molecular weight excluding hydrogens is 222 g/mol. The van der Waals surface area contributed by atoms with Crippen LogP contribution in [-0.2, 0) is 0 Å². The fraction of sp³-hybridized carbons (Fsp3) is 0.0909. The van der Waals surface area contributed by atoms with E-state index in [0.29, 0.717) is 16.4 Å². The van der Waals surface area contributed by atoms with Crippen LogP contribution in [0.1, 0.15) is 15.9 Å². The molecule has 1 aromatic heterocycles. The van der Waals surface area contributed by atoms with E-state index in [1.807, 2.05) is 12.3 Å². The number of hydrogen-bond acceptors (Lipinski definition) is 4. The molecule has 0 aliphatic heterocycles. The van der Waals surface area contributed by atoms with Crippen LogP contribution in [0.25, 0.3) is 0 Å². The van der Waals surface area contributed by atoms with Crippen molar-refractivity contribution in [2.75, 3.05) is 11.1 Å². The smallest absolute Gasteiger partial charge is 0.257 e. The molecule has 0 fully saturated rings. The largest absolute Gasteiger partial charge is 0.399 e. The minimum Gasteiger partial charge on any atom is -0.399 e. The van der Waals surface area contributed by atoms with E-state index in [2.05, 4.69) is 10.3 Å². The van der Waals surface area contributed by atoms with Crippen molar-refractivity contribution in [1.29, 1.82) is 0 Å². The van der Waals surface area contributed by atoms with E-state index >= 15 is 0 Å². The van der Waals surface area contributed by atoms with Crippen molar-refractivity contribution in [3.63, 3.8) is 0 Å². The predicted octanol–water partition coefficient (Wildman–Crippen LogP) is 2.29. The van der Waals surface area contributed by atoms with Crippen LogP contribution in [0.2, 0.25) is 0 Å². The lowest BCUT2D eigenvalue weighted by Gasteiger charge is -2.04. The molecule has 4 nitrogen and oxygen atoms in total. The number of nitrogen functional groups attached to an aromatic ring is 1. The van der Waals surface area contributed by atoms with Crippen LogP contribution in [0.4, 0.5) is 10.8 Å². The van der Waals surface area contributed by atoms with Crippen molar-refractivity contribution in [2.24, 2.45) is 0 Å². The number of anilines is 2. The van der Waals surface area contributed by atoms with Gasteiger partial charge in [-0.05, 0) is 30.7 Å². The third-order valence-corrected chi connectivity index (χ3v) is 2.87. The number of nitrogens with two attached hydrogens (primary N) is 1. The Morgan fingerprint density at radius 3 is 2.94 bits per heavy atom. The molecule has 1 aromatic carbocycles. The number of aromatic nitrogens is 1. The highest BCUT2D eigenvalue weighted by Gasteiger charge is 2.08. The van der Waals surface area contributed by atoms with Gasteiger partial charge < -0.3 is 5.73 Å². The van der Waals surface area contributed by atoms with Gasteiger partial charge in [-0.15, -0.1) is 11.3 Å². The Bertz CT molecular complexity index is 508. The van der Waals surface area contributed by atoms with E-state index in [1.165, 1.54) is 11.3 Å². The topological polar surface area (TPSA) is 68.0 Å². The van der Waals surface area contributed by atoms with Crippen molar-refractivity contribution >= 4 is 28.1 Å². The summed E-state index contributed by atoms with van der Waals surface area (Å²) in [6.07, 6.45) is 1.65. The molecule has 5 heteroatoms. The van der Waals surface area contributed by atoms with Crippen molar-refractivity contribution in [1.82, 2.24) is 4.98 Å². The first-order valence-electron chi connectivity index (χ1n) is 4.74. The second kappa shape index (κ2) is 4.32. The lowest BCUT2D eigenvalue weighted by atomic mass is 10.1. The van der Waals surface area contributed by atoms with E-state index in [-0.39, 0.29) is 5.91 Å². The zero-order valence-electron chi connectivity index (χ0n) is 8.73. The van der Waals surface area contributed by atoms with Crippen LogP contribution < -0.4 is 11.1 Å². The van der Waals surface area contributed by atoms with Gasteiger partial charge in [-0.2, -0.15) is 0 Å². The van der Waals surface area contributed by atoms with E-state index in [9.17, 15) is 4.79 Å². The van der Waals surface area contributed by atoms with Crippen LogP contribution in [0.3, 0.4) is 0 Å². The minimum atomic E-state index is -0.168. The number of carbonyl (C=O) groups is 1. The van der Waals surface area contributed by atoms with Crippen molar-refractivity contribution in [3.8, 4) is 0 Å². The lowest BCUT2D eigenvalue weighted by molar-refractivity contribution is 0.102. The summed E-state index contributed by atoms with van der Waals surface area (Å²) in [7, 11) is 0. The van der Waals surface area contributed by atoms with Gasteiger partial charge in [0.1, 0.15) is 0 Å². The van der Waals surface area contributed by atoms with Gasteiger partial charge in [-0.3, -0.25) is 10.1 Å². The highest BCUT2D eigenvalue weighted by atomic mass is 32.1. The maximum atomic E-state index is 11.8. The monoisotopic (exact) mass is 233 g/mol. The first-order chi connectivity index (χ1) is 7.66. The maximum absolute atomic E-state index is 11.8. The van der Waals surface area contributed by atoms with Crippen molar-refractivity contribution < 1.29 is 4.79 Å². The van der Waals surface area contributed by atoms with Crippen molar-refractivity contribution in [3.05, 3.63) is 40.9 Å². The predicted molar refractivity (Wildman–Crippen MR) is 65.7 cm³/mol. The molecule has 0 spiro atoms. The summed E-state index contributed by atoms with van der Waals surface area (Å²) in [4.78, 5) is 15.8. The third-order valence-electron chi connectivity index (χ3n) is 2.18.